The van der Waals surface area contributed by atoms with Gasteiger partial charge in [-0.3, -0.25) is 0 Å². The van der Waals surface area contributed by atoms with Crippen molar-refractivity contribution in [3.8, 4) is 0 Å². The summed E-state index contributed by atoms with van der Waals surface area (Å²) in [5, 5.41) is 3.65. The van der Waals surface area contributed by atoms with Crippen LogP contribution in [0.25, 0.3) is 0 Å². The number of nitrogens with zero attached hydrogens (tertiary/aromatic N) is 1. The Morgan fingerprint density at radius 1 is 1.24 bits per heavy atom. The van der Waals surface area contributed by atoms with E-state index in [2.05, 4.69) is 38.0 Å². The fourth-order valence-electron chi connectivity index (χ4n) is 2.89. The lowest BCUT2D eigenvalue weighted by Crippen LogP contribution is -2.34. The molecule has 1 fully saturated rings. The second kappa shape index (κ2) is 8.10. The van der Waals surface area contributed by atoms with Crippen LogP contribution in [-0.4, -0.2) is 37.6 Å². The second-order valence-electron chi connectivity index (χ2n) is 6.13. The number of rotatable bonds is 8. The summed E-state index contributed by atoms with van der Waals surface area (Å²) >= 11 is 0. The third kappa shape index (κ3) is 5.87. The zero-order valence-electron chi connectivity index (χ0n) is 12.3. The maximum absolute atomic E-state index is 3.65. The molecule has 0 aromatic heterocycles. The lowest BCUT2D eigenvalue weighted by Gasteiger charge is -2.24. The van der Waals surface area contributed by atoms with Crippen LogP contribution < -0.4 is 5.32 Å². The second-order valence-corrected chi connectivity index (χ2v) is 6.13. The molecule has 2 nitrogen and oxygen atoms in total. The van der Waals surface area contributed by atoms with Crippen LogP contribution >= 0.6 is 0 Å². The molecule has 2 heteroatoms. The van der Waals surface area contributed by atoms with E-state index in [1.165, 1.54) is 45.2 Å². The smallest absolute Gasteiger partial charge is 0.00956 e. The molecule has 0 bridgehead atoms. The summed E-state index contributed by atoms with van der Waals surface area (Å²) in [5.74, 6) is 1.76. The molecule has 2 atom stereocenters. The molecule has 1 N–H and O–H groups in total. The molecule has 0 amide bonds. The average molecular weight is 240 g/mol. The summed E-state index contributed by atoms with van der Waals surface area (Å²) in [5.41, 5.74) is 0. The Morgan fingerprint density at radius 3 is 2.65 bits per heavy atom. The van der Waals surface area contributed by atoms with Crippen molar-refractivity contribution in [2.24, 2.45) is 11.8 Å². The molecule has 0 radical (unpaired) electrons. The van der Waals surface area contributed by atoms with Gasteiger partial charge in [0.05, 0.1) is 0 Å². The van der Waals surface area contributed by atoms with E-state index in [-0.39, 0.29) is 0 Å². The summed E-state index contributed by atoms with van der Waals surface area (Å²) in [4.78, 5) is 2.52. The highest BCUT2D eigenvalue weighted by molar-refractivity contribution is 4.83. The molecule has 17 heavy (non-hydrogen) atoms. The first-order chi connectivity index (χ1) is 8.13. The third-order valence-corrected chi connectivity index (χ3v) is 4.10. The monoisotopic (exact) mass is 240 g/mol. The fourth-order valence-corrected chi connectivity index (χ4v) is 2.89. The van der Waals surface area contributed by atoms with E-state index in [9.17, 15) is 0 Å². The van der Waals surface area contributed by atoms with E-state index < -0.39 is 0 Å². The van der Waals surface area contributed by atoms with Crippen molar-refractivity contribution >= 4 is 0 Å². The van der Waals surface area contributed by atoms with Crippen molar-refractivity contribution < 1.29 is 0 Å². The maximum Gasteiger partial charge on any atom is 0.00956 e. The molecule has 1 aliphatic rings. The Labute approximate surface area is 108 Å². The van der Waals surface area contributed by atoms with Crippen LogP contribution in [0.15, 0.2) is 0 Å². The van der Waals surface area contributed by atoms with Crippen molar-refractivity contribution in [1.29, 1.82) is 0 Å². The molecular weight excluding hydrogens is 208 g/mol. The Kier molecular flexibility index (Phi) is 7.14. The van der Waals surface area contributed by atoms with Gasteiger partial charge in [0.2, 0.25) is 0 Å². The van der Waals surface area contributed by atoms with Crippen molar-refractivity contribution in [1.82, 2.24) is 10.2 Å². The van der Waals surface area contributed by atoms with Crippen LogP contribution in [0.4, 0.5) is 0 Å². The Balaban J connectivity index is 2.15. The van der Waals surface area contributed by atoms with Crippen LogP contribution in [-0.2, 0) is 0 Å². The number of nitrogens with one attached hydrogen (secondary N) is 1. The minimum absolute atomic E-state index is 0.804. The average Bonchev–Trinajstić information content (AvgIpc) is 2.71. The molecule has 102 valence electrons. The zero-order valence-corrected chi connectivity index (χ0v) is 12.3. The van der Waals surface area contributed by atoms with Crippen LogP contribution in [0.2, 0.25) is 0 Å². The highest BCUT2D eigenvalue weighted by atomic mass is 15.1. The van der Waals surface area contributed by atoms with Gasteiger partial charge in [-0.05, 0) is 64.2 Å². The Morgan fingerprint density at radius 2 is 2.00 bits per heavy atom. The van der Waals surface area contributed by atoms with Gasteiger partial charge in [-0.2, -0.15) is 0 Å². The minimum atomic E-state index is 0.804. The van der Waals surface area contributed by atoms with Crippen molar-refractivity contribution in [3.63, 3.8) is 0 Å². The van der Waals surface area contributed by atoms with E-state index in [4.69, 9.17) is 0 Å². The van der Waals surface area contributed by atoms with Gasteiger partial charge in [-0.15, -0.1) is 0 Å². The highest BCUT2D eigenvalue weighted by Gasteiger charge is 2.25. The lowest BCUT2D eigenvalue weighted by atomic mass is 9.99. The SMILES string of the molecule is CCNC1CCCC1CCN(C)CCC(C)C. The van der Waals surface area contributed by atoms with Crippen LogP contribution in [0.1, 0.15) is 52.9 Å². The van der Waals surface area contributed by atoms with E-state index in [0.29, 0.717) is 0 Å². The Bertz CT molecular complexity index is 191. The molecule has 1 rings (SSSR count). The van der Waals surface area contributed by atoms with E-state index in [1.54, 1.807) is 0 Å². The van der Waals surface area contributed by atoms with Crippen LogP contribution in [0, 0.1) is 11.8 Å². The molecule has 1 aliphatic carbocycles. The zero-order chi connectivity index (χ0) is 12.7. The van der Waals surface area contributed by atoms with Gasteiger partial charge in [0.15, 0.2) is 0 Å². The standard InChI is InChI=1S/C15H32N2/c1-5-16-15-8-6-7-14(15)10-12-17(4)11-9-13(2)3/h13-16H,5-12H2,1-4H3. The molecule has 0 heterocycles. The summed E-state index contributed by atoms with van der Waals surface area (Å²) in [6.45, 7) is 10.5. The molecule has 0 spiro atoms. The van der Waals surface area contributed by atoms with E-state index in [0.717, 1.165) is 24.4 Å². The van der Waals surface area contributed by atoms with Gasteiger partial charge >= 0.3 is 0 Å². The van der Waals surface area contributed by atoms with Crippen molar-refractivity contribution in [2.75, 3.05) is 26.7 Å². The highest BCUT2D eigenvalue weighted by Crippen LogP contribution is 2.28. The van der Waals surface area contributed by atoms with E-state index in [1.807, 2.05) is 0 Å². The molecule has 0 aromatic rings. The summed E-state index contributed by atoms with van der Waals surface area (Å²) < 4.78 is 0. The molecule has 1 saturated carbocycles. The van der Waals surface area contributed by atoms with E-state index >= 15 is 0 Å². The van der Waals surface area contributed by atoms with Gasteiger partial charge < -0.3 is 10.2 Å². The molecule has 0 saturated heterocycles. The lowest BCUT2D eigenvalue weighted by molar-refractivity contribution is 0.269. The van der Waals surface area contributed by atoms with Crippen LogP contribution in [0.5, 0.6) is 0 Å². The maximum atomic E-state index is 3.65. The largest absolute Gasteiger partial charge is 0.314 e. The molecule has 0 aromatic carbocycles. The number of hydrogen-bond acceptors (Lipinski definition) is 2. The van der Waals surface area contributed by atoms with Gasteiger partial charge in [-0.25, -0.2) is 0 Å². The van der Waals surface area contributed by atoms with Gasteiger partial charge in [-0.1, -0.05) is 27.2 Å². The Hall–Kier alpha value is -0.0800. The van der Waals surface area contributed by atoms with Crippen LogP contribution in [0.3, 0.4) is 0 Å². The molecular formula is C15H32N2. The molecule has 2 unspecified atom stereocenters. The predicted octanol–water partition coefficient (Wildman–Crippen LogP) is 3.13. The first-order valence-corrected chi connectivity index (χ1v) is 7.55. The molecule has 0 aliphatic heterocycles. The first-order valence-electron chi connectivity index (χ1n) is 7.55. The summed E-state index contributed by atoms with van der Waals surface area (Å²) in [6.07, 6.45) is 6.98. The number of hydrogen-bond donors (Lipinski definition) is 1. The van der Waals surface area contributed by atoms with Crippen molar-refractivity contribution in [3.05, 3.63) is 0 Å². The first kappa shape index (κ1) is 15.0. The van der Waals surface area contributed by atoms with Gasteiger partial charge in [0.25, 0.3) is 0 Å². The summed E-state index contributed by atoms with van der Waals surface area (Å²) in [6, 6.07) is 0.804. The topological polar surface area (TPSA) is 15.3 Å². The fraction of sp³-hybridized carbons (Fsp3) is 1.00. The normalized spacial score (nSPS) is 25.1. The van der Waals surface area contributed by atoms with Gasteiger partial charge in [0, 0.05) is 6.04 Å². The quantitative estimate of drug-likeness (QED) is 0.701. The summed E-state index contributed by atoms with van der Waals surface area (Å²) in [7, 11) is 2.28. The minimum Gasteiger partial charge on any atom is -0.314 e. The third-order valence-electron chi connectivity index (χ3n) is 4.10. The predicted molar refractivity (Wildman–Crippen MR) is 76.4 cm³/mol. The van der Waals surface area contributed by atoms with Crippen molar-refractivity contribution in [2.45, 2.75) is 58.9 Å². The van der Waals surface area contributed by atoms with Gasteiger partial charge in [0.1, 0.15) is 0 Å².